The third kappa shape index (κ3) is 1.26. The number of aryl methyl sites for hydroxylation is 1. The molecule has 1 rings (SSSR count). The van der Waals surface area contributed by atoms with Crippen LogP contribution in [0.5, 0.6) is 0 Å². The Labute approximate surface area is 66.6 Å². The van der Waals surface area contributed by atoms with Gasteiger partial charge in [-0.3, -0.25) is 4.79 Å². The van der Waals surface area contributed by atoms with Gasteiger partial charge in [0.25, 0.3) is 0 Å². The Hall–Kier alpha value is -0.640. The highest BCUT2D eigenvalue weighted by Gasteiger charge is 2.10. The summed E-state index contributed by atoms with van der Waals surface area (Å²) in [5.74, 6) is 0.524. The van der Waals surface area contributed by atoms with Crippen LogP contribution in [0.25, 0.3) is 0 Å². The minimum Gasteiger partial charge on any atom is -0.448 e. The standard InChI is InChI=1S/C6H6BrNO2/c1-4-6(5(9)2-7)8-3-10-4/h3H,2H2,1H3. The Bertz CT molecular complexity index is 244. The zero-order chi connectivity index (χ0) is 7.56. The lowest BCUT2D eigenvalue weighted by Gasteiger charge is -1.88. The Morgan fingerprint density at radius 2 is 2.60 bits per heavy atom. The first-order valence-electron chi connectivity index (χ1n) is 2.75. The second kappa shape index (κ2) is 2.96. The Morgan fingerprint density at radius 1 is 1.90 bits per heavy atom. The van der Waals surface area contributed by atoms with Crippen LogP contribution in [0.2, 0.25) is 0 Å². The van der Waals surface area contributed by atoms with Crippen LogP contribution < -0.4 is 0 Å². The summed E-state index contributed by atoms with van der Waals surface area (Å²) in [5.41, 5.74) is 0.414. The largest absolute Gasteiger partial charge is 0.448 e. The SMILES string of the molecule is Cc1ocnc1C(=O)CBr. The number of Topliss-reactive ketones (excluding diaryl/α,β-unsaturated/α-hetero) is 1. The van der Waals surface area contributed by atoms with Crippen molar-refractivity contribution in [3.63, 3.8) is 0 Å². The van der Waals surface area contributed by atoms with Gasteiger partial charge in [-0.2, -0.15) is 0 Å². The second-order valence-corrected chi connectivity index (χ2v) is 2.37. The maximum absolute atomic E-state index is 10.9. The predicted molar refractivity (Wildman–Crippen MR) is 39.4 cm³/mol. The fourth-order valence-electron chi connectivity index (χ4n) is 0.636. The number of carbonyl (C=O) groups is 1. The molecule has 0 saturated carbocycles. The van der Waals surface area contributed by atoms with Crippen LogP contribution in [-0.2, 0) is 0 Å². The molecule has 54 valence electrons. The van der Waals surface area contributed by atoms with E-state index in [1.54, 1.807) is 6.92 Å². The lowest BCUT2D eigenvalue weighted by Crippen LogP contribution is -2.01. The summed E-state index contributed by atoms with van der Waals surface area (Å²) in [6, 6.07) is 0. The molecule has 0 spiro atoms. The number of rotatable bonds is 2. The first kappa shape index (κ1) is 7.47. The second-order valence-electron chi connectivity index (χ2n) is 1.81. The van der Waals surface area contributed by atoms with E-state index in [2.05, 4.69) is 20.9 Å². The molecule has 0 aromatic carbocycles. The molecule has 10 heavy (non-hydrogen) atoms. The van der Waals surface area contributed by atoms with Crippen molar-refractivity contribution in [2.24, 2.45) is 0 Å². The molecule has 0 aliphatic carbocycles. The molecule has 0 radical (unpaired) electrons. The molecule has 0 atom stereocenters. The molecule has 0 aliphatic heterocycles. The number of halogens is 1. The summed E-state index contributed by atoms with van der Waals surface area (Å²) in [7, 11) is 0. The van der Waals surface area contributed by atoms with Crippen molar-refractivity contribution in [1.29, 1.82) is 0 Å². The average Bonchev–Trinajstić information content (AvgIpc) is 2.34. The fraction of sp³-hybridized carbons (Fsp3) is 0.333. The summed E-state index contributed by atoms with van der Waals surface area (Å²) >= 11 is 3.04. The smallest absolute Gasteiger partial charge is 0.195 e. The van der Waals surface area contributed by atoms with Gasteiger partial charge in [0.2, 0.25) is 0 Å². The van der Waals surface area contributed by atoms with Crippen molar-refractivity contribution in [3.05, 3.63) is 17.8 Å². The van der Waals surface area contributed by atoms with Crippen molar-refractivity contribution < 1.29 is 9.21 Å². The molecule has 1 aromatic rings. The summed E-state index contributed by atoms with van der Waals surface area (Å²) in [6.45, 7) is 1.71. The number of hydrogen-bond donors (Lipinski definition) is 0. The van der Waals surface area contributed by atoms with E-state index in [1.165, 1.54) is 6.39 Å². The van der Waals surface area contributed by atoms with Crippen LogP contribution in [0.3, 0.4) is 0 Å². The highest BCUT2D eigenvalue weighted by atomic mass is 79.9. The molecular weight excluding hydrogens is 198 g/mol. The molecule has 0 aliphatic rings. The maximum atomic E-state index is 10.9. The molecular formula is C6H6BrNO2. The summed E-state index contributed by atoms with van der Waals surface area (Å²) in [6.07, 6.45) is 1.27. The Morgan fingerprint density at radius 3 is 3.00 bits per heavy atom. The van der Waals surface area contributed by atoms with Gasteiger partial charge in [-0.05, 0) is 6.92 Å². The van der Waals surface area contributed by atoms with E-state index < -0.39 is 0 Å². The van der Waals surface area contributed by atoms with E-state index in [0.29, 0.717) is 16.8 Å². The molecule has 1 aromatic heterocycles. The van der Waals surface area contributed by atoms with Gasteiger partial charge in [0.15, 0.2) is 12.2 Å². The van der Waals surface area contributed by atoms with E-state index in [-0.39, 0.29) is 5.78 Å². The van der Waals surface area contributed by atoms with Gasteiger partial charge in [-0.1, -0.05) is 15.9 Å². The zero-order valence-corrected chi connectivity index (χ0v) is 7.01. The van der Waals surface area contributed by atoms with E-state index in [4.69, 9.17) is 4.42 Å². The summed E-state index contributed by atoms with van der Waals surface area (Å²) in [4.78, 5) is 14.7. The lowest BCUT2D eigenvalue weighted by molar-refractivity contribution is 0.101. The number of nitrogens with zero attached hydrogens (tertiary/aromatic N) is 1. The third-order valence-electron chi connectivity index (χ3n) is 1.13. The van der Waals surface area contributed by atoms with Crippen LogP contribution in [0, 0.1) is 6.92 Å². The first-order chi connectivity index (χ1) is 4.75. The van der Waals surface area contributed by atoms with Gasteiger partial charge in [-0.25, -0.2) is 4.98 Å². The van der Waals surface area contributed by atoms with E-state index in [1.807, 2.05) is 0 Å². The van der Waals surface area contributed by atoms with Crippen molar-refractivity contribution in [3.8, 4) is 0 Å². The third-order valence-corrected chi connectivity index (χ3v) is 1.64. The van der Waals surface area contributed by atoms with Gasteiger partial charge < -0.3 is 4.42 Å². The average molecular weight is 204 g/mol. The first-order valence-corrected chi connectivity index (χ1v) is 3.87. The van der Waals surface area contributed by atoms with Crippen LogP contribution in [0.15, 0.2) is 10.8 Å². The molecule has 0 amide bonds. The van der Waals surface area contributed by atoms with Crippen LogP contribution in [-0.4, -0.2) is 16.1 Å². The van der Waals surface area contributed by atoms with Crippen LogP contribution in [0.1, 0.15) is 16.2 Å². The zero-order valence-electron chi connectivity index (χ0n) is 5.43. The molecule has 4 heteroatoms. The minimum absolute atomic E-state index is 0.0498. The number of hydrogen-bond acceptors (Lipinski definition) is 3. The van der Waals surface area contributed by atoms with Gasteiger partial charge >= 0.3 is 0 Å². The van der Waals surface area contributed by atoms with Gasteiger partial charge in [-0.15, -0.1) is 0 Å². The quantitative estimate of drug-likeness (QED) is 0.542. The van der Waals surface area contributed by atoms with Gasteiger partial charge in [0.1, 0.15) is 11.5 Å². The minimum atomic E-state index is -0.0498. The van der Waals surface area contributed by atoms with Crippen molar-refractivity contribution >= 4 is 21.7 Å². The monoisotopic (exact) mass is 203 g/mol. The number of carbonyl (C=O) groups excluding carboxylic acids is 1. The normalized spacial score (nSPS) is 9.80. The Balaban J connectivity index is 2.93. The molecule has 0 unspecified atom stereocenters. The van der Waals surface area contributed by atoms with Crippen LogP contribution >= 0.6 is 15.9 Å². The maximum Gasteiger partial charge on any atom is 0.195 e. The highest BCUT2D eigenvalue weighted by Crippen LogP contribution is 2.06. The number of alkyl halides is 1. The van der Waals surface area contributed by atoms with E-state index in [0.717, 1.165) is 0 Å². The summed E-state index contributed by atoms with van der Waals surface area (Å²) < 4.78 is 4.83. The van der Waals surface area contributed by atoms with E-state index >= 15 is 0 Å². The topological polar surface area (TPSA) is 43.1 Å². The molecule has 3 nitrogen and oxygen atoms in total. The number of aromatic nitrogens is 1. The fourth-order valence-corrected chi connectivity index (χ4v) is 0.902. The molecule has 0 N–H and O–H groups in total. The highest BCUT2D eigenvalue weighted by molar-refractivity contribution is 9.09. The van der Waals surface area contributed by atoms with E-state index in [9.17, 15) is 4.79 Å². The number of ketones is 1. The van der Waals surface area contributed by atoms with Crippen molar-refractivity contribution in [2.75, 3.05) is 5.33 Å². The number of oxazole rings is 1. The summed E-state index contributed by atoms with van der Waals surface area (Å²) in [5, 5.41) is 0.292. The Kier molecular flexibility index (Phi) is 2.21. The lowest BCUT2D eigenvalue weighted by atomic mass is 10.3. The molecule has 0 fully saturated rings. The van der Waals surface area contributed by atoms with Crippen molar-refractivity contribution in [2.45, 2.75) is 6.92 Å². The predicted octanol–water partition coefficient (Wildman–Crippen LogP) is 1.56. The molecule has 0 bridgehead atoms. The molecule has 1 heterocycles. The van der Waals surface area contributed by atoms with Crippen molar-refractivity contribution in [1.82, 2.24) is 4.98 Å². The molecule has 0 saturated heterocycles. The van der Waals surface area contributed by atoms with Crippen LogP contribution in [0.4, 0.5) is 0 Å². The van der Waals surface area contributed by atoms with Gasteiger partial charge in [0.05, 0.1) is 5.33 Å². The van der Waals surface area contributed by atoms with Gasteiger partial charge in [0, 0.05) is 0 Å².